The number of methoxy groups -OCH3 is 1. The Morgan fingerprint density at radius 1 is 1.32 bits per heavy atom. The molecule has 1 atom stereocenters. The molecule has 1 aliphatic rings. The van der Waals surface area contributed by atoms with Gasteiger partial charge in [-0.1, -0.05) is 25.0 Å². The van der Waals surface area contributed by atoms with Crippen molar-refractivity contribution in [1.29, 1.82) is 0 Å². The lowest BCUT2D eigenvalue weighted by Gasteiger charge is -2.28. The first-order chi connectivity index (χ1) is 9.20. The molecule has 1 heterocycles. The summed E-state index contributed by atoms with van der Waals surface area (Å²) in [6.45, 7) is 0.986. The molecule has 104 valence electrons. The lowest BCUT2D eigenvalue weighted by molar-refractivity contribution is -0.138. The molecule has 0 bridgehead atoms. The van der Waals surface area contributed by atoms with Crippen molar-refractivity contribution in [2.24, 2.45) is 0 Å². The van der Waals surface area contributed by atoms with Crippen LogP contribution in [0.2, 0.25) is 0 Å². The number of carboxylic acids is 1. The van der Waals surface area contributed by atoms with E-state index in [1.807, 2.05) is 24.3 Å². The summed E-state index contributed by atoms with van der Waals surface area (Å²) >= 11 is 0. The fraction of sp³-hybridized carbons (Fsp3) is 0.533. The molecule has 4 heteroatoms. The maximum atomic E-state index is 11.0. The molecule has 1 unspecified atom stereocenters. The van der Waals surface area contributed by atoms with Gasteiger partial charge in [0.25, 0.3) is 0 Å². The van der Waals surface area contributed by atoms with Crippen LogP contribution in [0.4, 0.5) is 0 Å². The largest absolute Gasteiger partial charge is 0.497 e. The molecule has 4 nitrogen and oxygen atoms in total. The lowest BCUT2D eigenvalue weighted by Crippen LogP contribution is -2.33. The summed E-state index contributed by atoms with van der Waals surface area (Å²) in [6.07, 6.45) is 4.45. The Morgan fingerprint density at radius 2 is 2.05 bits per heavy atom. The first-order valence-corrected chi connectivity index (χ1v) is 6.80. The Kier molecular flexibility index (Phi) is 4.80. The number of ether oxygens (including phenoxy) is 1. The zero-order chi connectivity index (χ0) is 13.7. The van der Waals surface area contributed by atoms with E-state index < -0.39 is 5.97 Å². The van der Waals surface area contributed by atoms with Gasteiger partial charge in [0.05, 0.1) is 13.7 Å². The van der Waals surface area contributed by atoms with Gasteiger partial charge in [-0.15, -0.1) is 0 Å². The monoisotopic (exact) mass is 263 g/mol. The fourth-order valence-corrected chi connectivity index (χ4v) is 2.73. The van der Waals surface area contributed by atoms with Crippen molar-refractivity contribution in [2.45, 2.75) is 31.7 Å². The molecule has 19 heavy (non-hydrogen) atoms. The van der Waals surface area contributed by atoms with Crippen LogP contribution in [0.15, 0.2) is 24.3 Å². The first kappa shape index (κ1) is 13.9. The molecule has 1 fully saturated rings. The normalized spacial score (nSPS) is 20.8. The molecule has 0 amide bonds. The molecule has 0 saturated carbocycles. The number of rotatable bonds is 4. The smallest absolute Gasteiger partial charge is 0.317 e. The Morgan fingerprint density at radius 3 is 2.68 bits per heavy atom. The van der Waals surface area contributed by atoms with Crippen LogP contribution in [-0.2, 0) is 4.79 Å². The van der Waals surface area contributed by atoms with Gasteiger partial charge in [-0.2, -0.15) is 0 Å². The second kappa shape index (κ2) is 6.57. The third-order valence-electron chi connectivity index (χ3n) is 3.70. The van der Waals surface area contributed by atoms with Crippen LogP contribution in [0.25, 0.3) is 0 Å². The predicted octanol–water partition coefficient (Wildman–Crippen LogP) is 2.70. The highest BCUT2D eigenvalue weighted by atomic mass is 16.5. The van der Waals surface area contributed by atoms with Crippen molar-refractivity contribution < 1.29 is 14.6 Å². The van der Waals surface area contributed by atoms with Crippen molar-refractivity contribution >= 4 is 5.97 Å². The van der Waals surface area contributed by atoms with Gasteiger partial charge < -0.3 is 9.84 Å². The van der Waals surface area contributed by atoms with E-state index in [0.717, 1.165) is 31.6 Å². The van der Waals surface area contributed by atoms with Crippen LogP contribution in [0.3, 0.4) is 0 Å². The average Bonchev–Trinajstić information content (AvgIpc) is 2.64. The third-order valence-corrected chi connectivity index (χ3v) is 3.70. The number of hydrogen-bond donors (Lipinski definition) is 1. The summed E-state index contributed by atoms with van der Waals surface area (Å²) in [4.78, 5) is 13.1. The molecule has 2 rings (SSSR count). The summed E-state index contributed by atoms with van der Waals surface area (Å²) in [7, 11) is 1.65. The van der Waals surface area contributed by atoms with Gasteiger partial charge in [-0.25, -0.2) is 0 Å². The SMILES string of the molecule is COc1ccc(C2CCCCCN2CC(=O)O)cc1. The minimum absolute atomic E-state index is 0.122. The number of likely N-dealkylation sites (tertiary alicyclic amines) is 1. The van der Waals surface area contributed by atoms with Crippen molar-refractivity contribution in [3.63, 3.8) is 0 Å². The highest BCUT2D eigenvalue weighted by Crippen LogP contribution is 2.30. The number of carboxylic acid groups (broad SMARTS) is 1. The molecule has 0 aromatic heterocycles. The maximum Gasteiger partial charge on any atom is 0.317 e. The van der Waals surface area contributed by atoms with Crippen LogP contribution in [0.5, 0.6) is 5.75 Å². The zero-order valence-corrected chi connectivity index (χ0v) is 11.3. The summed E-state index contributed by atoms with van der Waals surface area (Å²) < 4.78 is 5.16. The van der Waals surface area contributed by atoms with Crippen molar-refractivity contribution in [2.75, 3.05) is 20.2 Å². The van der Waals surface area contributed by atoms with Gasteiger partial charge in [0.1, 0.15) is 5.75 Å². The van der Waals surface area contributed by atoms with E-state index >= 15 is 0 Å². The summed E-state index contributed by atoms with van der Waals surface area (Å²) in [6, 6.07) is 8.19. The van der Waals surface area contributed by atoms with E-state index in [0.29, 0.717) is 0 Å². The number of benzene rings is 1. The quantitative estimate of drug-likeness (QED) is 0.907. The summed E-state index contributed by atoms with van der Waals surface area (Å²) in [5.41, 5.74) is 1.18. The van der Waals surface area contributed by atoms with E-state index in [1.54, 1.807) is 7.11 Å². The Bertz CT molecular complexity index is 416. The van der Waals surface area contributed by atoms with E-state index in [4.69, 9.17) is 9.84 Å². The minimum atomic E-state index is -0.750. The molecular formula is C15H21NO3. The topological polar surface area (TPSA) is 49.8 Å². The highest BCUT2D eigenvalue weighted by Gasteiger charge is 2.24. The van der Waals surface area contributed by atoms with Gasteiger partial charge in [-0.05, 0) is 37.1 Å². The van der Waals surface area contributed by atoms with Crippen molar-refractivity contribution in [1.82, 2.24) is 4.90 Å². The molecule has 0 aliphatic carbocycles. The molecule has 1 aliphatic heterocycles. The van der Waals surface area contributed by atoms with Gasteiger partial charge >= 0.3 is 5.97 Å². The van der Waals surface area contributed by atoms with E-state index in [1.165, 1.54) is 12.0 Å². The van der Waals surface area contributed by atoms with E-state index in [-0.39, 0.29) is 12.6 Å². The maximum absolute atomic E-state index is 11.0. The first-order valence-electron chi connectivity index (χ1n) is 6.80. The Labute approximate surface area is 114 Å². The Balaban J connectivity index is 2.17. The molecule has 0 spiro atoms. The minimum Gasteiger partial charge on any atom is -0.497 e. The van der Waals surface area contributed by atoms with Crippen molar-refractivity contribution in [3.05, 3.63) is 29.8 Å². The second-order valence-corrected chi connectivity index (χ2v) is 5.00. The van der Waals surface area contributed by atoms with E-state index in [2.05, 4.69) is 4.90 Å². The van der Waals surface area contributed by atoms with E-state index in [9.17, 15) is 4.79 Å². The standard InChI is InChI=1S/C15H21NO3/c1-19-13-8-6-12(7-9-13)14-5-3-2-4-10-16(14)11-15(17)18/h6-9,14H,2-5,10-11H2,1H3,(H,17,18). The average molecular weight is 263 g/mol. The van der Waals surface area contributed by atoms with Gasteiger partial charge in [-0.3, -0.25) is 9.69 Å². The van der Waals surface area contributed by atoms with Gasteiger partial charge in [0, 0.05) is 6.04 Å². The van der Waals surface area contributed by atoms with Crippen LogP contribution in [-0.4, -0.2) is 36.2 Å². The summed E-state index contributed by atoms with van der Waals surface area (Å²) in [5, 5.41) is 9.04. The number of carbonyl (C=O) groups is 1. The molecular weight excluding hydrogens is 242 g/mol. The number of hydrogen-bond acceptors (Lipinski definition) is 3. The third kappa shape index (κ3) is 3.70. The van der Waals surface area contributed by atoms with Gasteiger partial charge in [0.2, 0.25) is 0 Å². The second-order valence-electron chi connectivity index (χ2n) is 5.00. The van der Waals surface area contributed by atoms with Crippen LogP contribution >= 0.6 is 0 Å². The molecule has 1 N–H and O–H groups in total. The van der Waals surface area contributed by atoms with Crippen molar-refractivity contribution in [3.8, 4) is 5.75 Å². The molecule has 0 radical (unpaired) electrons. The molecule has 1 saturated heterocycles. The number of nitrogens with zero attached hydrogens (tertiary/aromatic N) is 1. The lowest BCUT2D eigenvalue weighted by atomic mass is 10.0. The van der Waals surface area contributed by atoms with Gasteiger partial charge in [0.15, 0.2) is 0 Å². The zero-order valence-electron chi connectivity index (χ0n) is 11.3. The Hall–Kier alpha value is -1.55. The van der Waals surface area contributed by atoms with Crippen LogP contribution in [0, 0.1) is 0 Å². The van der Waals surface area contributed by atoms with Crippen LogP contribution < -0.4 is 4.74 Å². The summed E-state index contributed by atoms with van der Waals surface area (Å²) in [5.74, 6) is 0.0857. The number of aliphatic carboxylic acids is 1. The highest BCUT2D eigenvalue weighted by molar-refractivity contribution is 5.69. The fourth-order valence-electron chi connectivity index (χ4n) is 2.73. The predicted molar refractivity (Wildman–Crippen MR) is 73.4 cm³/mol. The molecule has 1 aromatic rings. The molecule has 1 aromatic carbocycles. The van der Waals surface area contributed by atoms with Crippen LogP contribution in [0.1, 0.15) is 37.3 Å².